The molecule has 0 saturated heterocycles. The molecule has 0 aromatic heterocycles. The highest BCUT2D eigenvalue weighted by Gasteiger charge is 2.11. The topological polar surface area (TPSA) is 20.2 Å². The minimum atomic E-state index is -0.528. The van der Waals surface area contributed by atoms with Crippen molar-refractivity contribution in [2.24, 2.45) is 0 Å². The Balaban J connectivity index is 2.03. The van der Waals surface area contributed by atoms with E-state index >= 15 is 0 Å². The van der Waals surface area contributed by atoms with Gasteiger partial charge in [0.25, 0.3) is 0 Å². The molecule has 2 aromatic carbocycles. The molecule has 0 spiro atoms. The summed E-state index contributed by atoms with van der Waals surface area (Å²) in [6, 6.07) is 12.7. The first-order valence-corrected chi connectivity index (χ1v) is 7.50. The van der Waals surface area contributed by atoms with E-state index in [4.69, 9.17) is 0 Å². The number of benzene rings is 2. The molecule has 100 valence electrons. The maximum absolute atomic E-state index is 13.4. The molecule has 1 atom stereocenters. The van der Waals surface area contributed by atoms with E-state index in [0.717, 1.165) is 15.6 Å². The molecule has 0 bridgehead atoms. The average Bonchev–Trinajstić information content (AvgIpc) is 2.38. The zero-order valence-electron chi connectivity index (χ0n) is 10.1. The van der Waals surface area contributed by atoms with Crippen LogP contribution in [0, 0.1) is 5.82 Å². The molecule has 0 aliphatic heterocycles. The molecule has 0 saturated carbocycles. The number of hydrogen-bond donors (Lipinski definition) is 1. The highest BCUT2D eigenvalue weighted by atomic mass is 79.9. The Morgan fingerprint density at radius 2 is 1.68 bits per heavy atom. The highest BCUT2D eigenvalue weighted by Crippen LogP contribution is 2.22. The van der Waals surface area contributed by atoms with Gasteiger partial charge in [-0.25, -0.2) is 4.39 Å². The molecule has 2 rings (SSSR count). The van der Waals surface area contributed by atoms with Gasteiger partial charge in [0.1, 0.15) is 5.82 Å². The van der Waals surface area contributed by atoms with Crippen LogP contribution in [0.3, 0.4) is 0 Å². The van der Waals surface area contributed by atoms with Crippen LogP contribution in [0.25, 0.3) is 0 Å². The molecular formula is C15H13Br2FO. The standard InChI is InChI=1S/C15H13Br2FO/c16-12-6-4-10(5-7-12)8-13(19)9-11-2-1-3-14(18)15(11)17/h1-7,13,19H,8-9H2. The van der Waals surface area contributed by atoms with Crippen molar-refractivity contribution in [1.29, 1.82) is 0 Å². The lowest BCUT2D eigenvalue weighted by molar-refractivity contribution is 0.175. The van der Waals surface area contributed by atoms with E-state index in [1.807, 2.05) is 30.3 Å². The fourth-order valence-electron chi connectivity index (χ4n) is 1.92. The zero-order chi connectivity index (χ0) is 13.8. The maximum Gasteiger partial charge on any atom is 0.137 e. The molecule has 0 aliphatic rings. The van der Waals surface area contributed by atoms with Crippen LogP contribution in [0.1, 0.15) is 11.1 Å². The summed E-state index contributed by atoms with van der Waals surface area (Å²) in [5.41, 5.74) is 1.84. The van der Waals surface area contributed by atoms with Gasteiger partial charge in [0.05, 0.1) is 10.6 Å². The van der Waals surface area contributed by atoms with Crippen LogP contribution in [0.5, 0.6) is 0 Å². The lowest BCUT2D eigenvalue weighted by Gasteiger charge is -2.12. The minimum absolute atomic E-state index is 0.298. The number of hydrogen-bond acceptors (Lipinski definition) is 1. The van der Waals surface area contributed by atoms with Crippen molar-refractivity contribution < 1.29 is 9.50 Å². The summed E-state index contributed by atoms with van der Waals surface area (Å²) in [6.07, 6.45) is 0.448. The zero-order valence-corrected chi connectivity index (χ0v) is 13.3. The summed E-state index contributed by atoms with van der Waals surface area (Å²) in [4.78, 5) is 0. The van der Waals surface area contributed by atoms with Crippen LogP contribution >= 0.6 is 31.9 Å². The van der Waals surface area contributed by atoms with Crippen molar-refractivity contribution in [3.05, 3.63) is 68.4 Å². The van der Waals surface area contributed by atoms with Crippen molar-refractivity contribution in [3.8, 4) is 0 Å². The highest BCUT2D eigenvalue weighted by molar-refractivity contribution is 9.10. The number of aliphatic hydroxyl groups is 1. The molecule has 1 N–H and O–H groups in total. The Morgan fingerprint density at radius 1 is 1.00 bits per heavy atom. The van der Waals surface area contributed by atoms with Crippen molar-refractivity contribution in [2.45, 2.75) is 18.9 Å². The van der Waals surface area contributed by atoms with Gasteiger partial charge >= 0.3 is 0 Å². The lowest BCUT2D eigenvalue weighted by atomic mass is 10.0. The van der Waals surface area contributed by atoms with Crippen LogP contribution in [0.2, 0.25) is 0 Å². The first-order chi connectivity index (χ1) is 9.06. The SMILES string of the molecule is OC(Cc1ccc(Br)cc1)Cc1cccc(F)c1Br. The summed E-state index contributed by atoms with van der Waals surface area (Å²) in [7, 11) is 0. The van der Waals surface area contributed by atoms with E-state index in [9.17, 15) is 9.50 Å². The fraction of sp³-hybridized carbons (Fsp3) is 0.200. The summed E-state index contributed by atoms with van der Waals surface area (Å²) >= 11 is 6.58. The van der Waals surface area contributed by atoms with Gasteiger partial charge in [-0.2, -0.15) is 0 Å². The predicted molar refractivity (Wildman–Crippen MR) is 81.7 cm³/mol. The normalized spacial score (nSPS) is 12.4. The summed E-state index contributed by atoms with van der Waals surface area (Å²) in [6.45, 7) is 0. The van der Waals surface area contributed by atoms with Gasteiger partial charge in [-0.1, -0.05) is 40.2 Å². The Morgan fingerprint density at radius 3 is 2.37 bits per heavy atom. The molecule has 0 fully saturated rings. The second-order valence-corrected chi connectivity index (χ2v) is 6.11. The third kappa shape index (κ3) is 4.13. The second-order valence-electron chi connectivity index (χ2n) is 4.40. The number of rotatable bonds is 4. The third-order valence-corrected chi connectivity index (χ3v) is 4.29. The van der Waals surface area contributed by atoms with Crippen LogP contribution in [0.15, 0.2) is 51.4 Å². The molecule has 4 heteroatoms. The minimum Gasteiger partial charge on any atom is -0.392 e. The van der Waals surface area contributed by atoms with Crippen molar-refractivity contribution in [2.75, 3.05) is 0 Å². The van der Waals surface area contributed by atoms with E-state index in [-0.39, 0.29) is 5.82 Å². The lowest BCUT2D eigenvalue weighted by Crippen LogP contribution is -2.14. The Hall–Kier alpha value is -0.710. The van der Waals surface area contributed by atoms with Crippen LogP contribution < -0.4 is 0 Å². The monoisotopic (exact) mass is 386 g/mol. The summed E-state index contributed by atoms with van der Waals surface area (Å²) in [5, 5.41) is 10.1. The maximum atomic E-state index is 13.4. The van der Waals surface area contributed by atoms with Gasteiger partial charge in [0, 0.05) is 4.47 Å². The van der Waals surface area contributed by atoms with Gasteiger partial charge in [-0.05, 0) is 58.1 Å². The average molecular weight is 388 g/mol. The number of aliphatic hydroxyl groups excluding tert-OH is 1. The van der Waals surface area contributed by atoms with E-state index in [0.29, 0.717) is 17.3 Å². The predicted octanol–water partition coefficient (Wildman–Crippen LogP) is 4.50. The molecule has 19 heavy (non-hydrogen) atoms. The van der Waals surface area contributed by atoms with Gasteiger partial charge in [0.2, 0.25) is 0 Å². The van der Waals surface area contributed by atoms with E-state index in [2.05, 4.69) is 31.9 Å². The first kappa shape index (κ1) is 14.7. The Labute approximate surface area is 128 Å². The van der Waals surface area contributed by atoms with Crippen LogP contribution in [-0.2, 0) is 12.8 Å². The Bertz CT molecular complexity index is 555. The summed E-state index contributed by atoms with van der Waals surface area (Å²) < 4.78 is 14.8. The number of halogens is 3. The van der Waals surface area contributed by atoms with E-state index in [1.54, 1.807) is 6.07 Å². The van der Waals surface area contributed by atoms with Gasteiger partial charge in [0.15, 0.2) is 0 Å². The molecular weight excluding hydrogens is 375 g/mol. The quantitative estimate of drug-likeness (QED) is 0.818. The van der Waals surface area contributed by atoms with Crippen molar-refractivity contribution >= 4 is 31.9 Å². The molecule has 0 aliphatic carbocycles. The van der Waals surface area contributed by atoms with Gasteiger partial charge in [-0.15, -0.1) is 0 Å². The van der Waals surface area contributed by atoms with Gasteiger partial charge < -0.3 is 5.11 Å². The van der Waals surface area contributed by atoms with E-state index < -0.39 is 6.10 Å². The molecule has 1 nitrogen and oxygen atoms in total. The molecule has 1 unspecified atom stereocenters. The molecule has 2 aromatic rings. The molecule has 0 heterocycles. The largest absolute Gasteiger partial charge is 0.392 e. The smallest absolute Gasteiger partial charge is 0.137 e. The van der Waals surface area contributed by atoms with Crippen molar-refractivity contribution in [1.82, 2.24) is 0 Å². The Kier molecular flexibility index (Phi) is 5.13. The summed E-state index contributed by atoms with van der Waals surface area (Å²) in [5.74, 6) is -0.298. The molecule has 0 radical (unpaired) electrons. The first-order valence-electron chi connectivity index (χ1n) is 5.91. The molecule has 0 amide bonds. The van der Waals surface area contributed by atoms with Crippen molar-refractivity contribution in [3.63, 3.8) is 0 Å². The van der Waals surface area contributed by atoms with E-state index in [1.165, 1.54) is 6.07 Å². The second kappa shape index (κ2) is 6.64. The van der Waals surface area contributed by atoms with Crippen LogP contribution in [0.4, 0.5) is 4.39 Å². The van der Waals surface area contributed by atoms with Crippen LogP contribution in [-0.4, -0.2) is 11.2 Å². The fourth-order valence-corrected chi connectivity index (χ4v) is 2.62. The third-order valence-electron chi connectivity index (χ3n) is 2.87. The van der Waals surface area contributed by atoms with Gasteiger partial charge in [-0.3, -0.25) is 0 Å².